The zero-order valence-electron chi connectivity index (χ0n) is 6.47. The molecule has 0 saturated carbocycles. The lowest BCUT2D eigenvalue weighted by molar-refractivity contribution is -0.137. The predicted molar refractivity (Wildman–Crippen MR) is 40.6 cm³/mol. The Kier molecular flexibility index (Phi) is 2.03. The Morgan fingerprint density at radius 1 is 1.62 bits per heavy atom. The lowest BCUT2D eigenvalue weighted by atomic mass is 10.3. The van der Waals surface area contributed by atoms with Crippen molar-refractivity contribution in [1.29, 1.82) is 0 Å². The summed E-state index contributed by atoms with van der Waals surface area (Å²) < 4.78 is 41.1. The summed E-state index contributed by atoms with van der Waals surface area (Å²) in [5, 5.41) is -0.775. The van der Waals surface area contributed by atoms with E-state index >= 15 is 0 Å². The maximum Gasteiger partial charge on any atom is 0.443 e. The molecular formula is C7H6F3NOS. The summed E-state index contributed by atoms with van der Waals surface area (Å²) in [5.74, 6) is 0. The summed E-state index contributed by atoms with van der Waals surface area (Å²) in [4.78, 5) is 3.94. The highest BCUT2D eigenvalue weighted by Crippen LogP contribution is 2.33. The molecule has 1 atom stereocenters. The molecule has 1 aliphatic heterocycles. The van der Waals surface area contributed by atoms with Gasteiger partial charge in [0.2, 0.25) is 0 Å². The third-order valence-corrected chi connectivity index (χ3v) is 2.69. The van der Waals surface area contributed by atoms with Crippen molar-refractivity contribution in [2.75, 3.05) is 6.61 Å². The highest BCUT2D eigenvalue weighted by atomic mass is 32.1. The van der Waals surface area contributed by atoms with Gasteiger partial charge in [-0.25, -0.2) is 4.98 Å². The van der Waals surface area contributed by atoms with E-state index in [1.54, 1.807) is 0 Å². The molecule has 0 aromatic carbocycles. The molecule has 0 bridgehead atoms. The minimum atomic E-state index is -4.31. The van der Waals surface area contributed by atoms with E-state index in [2.05, 4.69) is 4.98 Å². The fourth-order valence-electron chi connectivity index (χ4n) is 0.943. The molecule has 0 spiro atoms. The number of aromatic nitrogens is 1. The average Bonchev–Trinajstić information content (AvgIpc) is 2.63. The molecule has 2 rings (SSSR count). The maximum atomic E-state index is 12.1. The van der Waals surface area contributed by atoms with Crippen LogP contribution in [0.1, 0.15) is 9.88 Å². The number of halogens is 3. The first-order chi connectivity index (χ1) is 6.05. The molecule has 13 heavy (non-hydrogen) atoms. The van der Waals surface area contributed by atoms with Crippen LogP contribution in [-0.4, -0.2) is 17.7 Å². The molecule has 2 heterocycles. The molecule has 0 radical (unpaired) electrons. The summed E-state index contributed by atoms with van der Waals surface area (Å²) in [6.07, 6.45) is -2.38. The quantitative estimate of drug-likeness (QED) is 0.697. The molecule has 0 N–H and O–H groups in total. The van der Waals surface area contributed by atoms with Gasteiger partial charge >= 0.3 is 6.18 Å². The normalized spacial score (nSPS) is 21.9. The fourth-order valence-corrected chi connectivity index (χ4v) is 1.79. The maximum absolute atomic E-state index is 12.1. The van der Waals surface area contributed by atoms with Crippen LogP contribution in [-0.2, 0) is 17.3 Å². The summed E-state index contributed by atoms with van der Waals surface area (Å²) >= 11 is 0.692. The highest BCUT2D eigenvalue weighted by molar-refractivity contribution is 7.11. The highest BCUT2D eigenvalue weighted by Gasteiger charge is 2.35. The average molecular weight is 209 g/mol. The molecule has 2 nitrogen and oxygen atoms in total. The van der Waals surface area contributed by atoms with Gasteiger partial charge in [-0.1, -0.05) is 0 Å². The first kappa shape index (κ1) is 8.96. The van der Waals surface area contributed by atoms with Crippen LogP contribution in [0.15, 0.2) is 6.20 Å². The summed E-state index contributed by atoms with van der Waals surface area (Å²) in [6.45, 7) is 0.652. The van der Waals surface area contributed by atoms with Crippen LogP contribution >= 0.6 is 11.3 Å². The number of hydrogen-bond acceptors (Lipinski definition) is 3. The van der Waals surface area contributed by atoms with Gasteiger partial charge < -0.3 is 4.74 Å². The molecule has 1 aromatic rings. The molecule has 1 saturated heterocycles. The second-order valence-corrected chi connectivity index (χ2v) is 3.90. The van der Waals surface area contributed by atoms with E-state index in [0.29, 0.717) is 29.2 Å². The van der Waals surface area contributed by atoms with Crippen molar-refractivity contribution in [1.82, 2.24) is 4.98 Å². The van der Waals surface area contributed by atoms with Gasteiger partial charge in [-0.15, -0.1) is 11.3 Å². The zero-order chi connectivity index (χ0) is 9.47. The number of epoxide rings is 1. The van der Waals surface area contributed by atoms with Crippen molar-refractivity contribution in [3.8, 4) is 0 Å². The molecule has 6 heteroatoms. The summed E-state index contributed by atoms with van der Waals surface area (Å²) in [6, 6.07) is 0. The van der Waals surface area contributed by atoms with E-state index in [1.165, 1.54) is 6.20 Å². The third kappa shape index (κ3) is 2.19. The molecule has 1 fully saturated rings. The van der Waals surface area contributed by atoms with Gasteiger partial charge in [-0.3, -0.25) is 0 Å². The van der Waals surface area contributed by atoms with Crippen LogP contribution in [0.3, 0.4) is 0 Å². The van der Waals surface area contributed by atoms with Crippen LogP contribution in [0.5, 0.6) is 0 Å². The Bertz CT molecular complexity index is 305. The van der Waals surface area contributed by atoms with Crippen molar-refractivity contribution in [3.05, 3.63) is 16.1 Å². The van der Waals surface area contributed by atoms with E-state index in [1.807, 2.05) is 0 Å². The smallest absolute Gasteiger partial charge is 0.373 e. The van der Waals surface area contributed by atoms with Crippen molar-refractivity contribution in [2.45, 2.75) is 18.7 Å². The standard InChI is InChI=1S/C7H6F3NOS/c8-7(9,10)6-11-2-5(13-6)1-4-3-12-4/h2,4H,1,3H2. The lowest BCUT2D eigenvalue weighted by Crippen LogP contribution is -2.02. The molecular weight excluding hydrogens is 203 g/mol. The van der Waals surface area contributed by atoms with Crippen LogP contribution in [0.2, 0.25) is 0 Å². The van der Waals surface area contributed by atoms with E-state index < -0.39 is 11.2 Å². The molecule has 0 amide bonds. The van der Waals surface area contributed by atoms with Crippen molar-refractivity contribution >= 4 is 11.3 Å². The monoisotopic (exact) mass is 209 g/mol. The zero-order valence-corrected chi connectivity index (χ0v) is 7.28. The Balaban J connectivity index is 2.08. The summed E-state index contributed by atoms with van der Waals surface area (Å²) in [5.41, 5.74) is 0. The fraction of sp³-hybridized carbons (Fsp3) is 0.571. The second-order valence-electron chi connectivity index (χ2n) is 2.79. The second kappa shape index (κ2) is 2.95. The number of ether oxygens (including phenoxy) is 1. The van der Waals surface area contributed by atoms with Gasteiger partial charge in [0, 0.05) is 17.5 Å². The summed E-state index contributed by atoms with van der Waals surface area (Å²) in [7, 11) is 0. The molecule has 0 aliphatic carbocycles. The van der Waals surface area contributed by atoms with Crippen molar-refractivity contribution in [3.63, 3.8) is 0 Å². The lowest BCUT2D eigenvalue weighted by Gasteiger charge is -1.98. The number of alkyl halides is 3. The Labute approximate surface area is 76.4 Å². The topological polar surface area (TPSA) is 25.4 Å². The Morgan fingerprint density at radius 2 is 2.31 bits per heavy atom. The minimum absolute atomic E-state index is 0.113. The Hall–Kier alpha value is -0.620. The largest absolute Gasteiger partial charge is 0.443 e. The molecule has 1 aliphatic rings. The van der Waals surface area contributed by atoms with Crippen LogP contribution < -0.4 is 0 Å². The van der Waals surface area contributed by atoms with Gasteiger partial charge in [0.25, 0.3) is 0 Å². The molecule has 1 unspecified atom stereocenters. The molecule has 72 valence electrons. The van der Waals surface area contributed by atoms with Crippen molar-refractivity contribution in [2.24, 2.45) is 0 Å². The predicted octanol–water partition coefficient (Wildman–Crippen LogP) is 2.10. The number of hydrogen-bond donors (Lipinski definition) is 0. The van der Waals surface area contributed by atoms with E-state index in [0.717, 1.165) is 0 Å². The number of rotatable bonds is 2. The van der Waals surface area contributed by atoms with Crippen LogP contribution in [0.25, 0.3) is 0 Å². The number of thiazole rings is 1. The van der Waals surface area contributed by atoms with Crippen LogP contribution in [0, 0.1) is 0 Å². The van der Waals surface area contributed by atoms with Gasteiger partial charge in [0.15, 0.2) is 5.01 Å². The Morgan fingerprint density at radius 3 is 2.77 bits per heavy atom. The van der Waals surface area contributed by atoms with Gasteiger partial charge in [0.05, 0.1) is 12.7 Å². The van der Waals surface area contributed by atoms with Gasteiger partial charge in [-0.05, 0) is 0 Å². The van der Waals surface area contributed by atoms with E-state index in [-0.39, 0.29) is 6.10 Å². The van der Waals surface area contributed by atoms with E-state index in [9.17, 15) is 13.2 Å². The first-order valence-corrected chi connectivity index (χ1v) is 4.51. The van der Waals surface area contributed by atoms with Crippen molar-refractivity contribution < 1.29 is 17.9 Å². The number of nitrogens with zero attached hydrogens (tertiary/aromatic N) is 1. The SMILES string of the molecule is FC(F)(F)c1ncc(CC2CO2)s1. The van der Waals surface area contributed by atoms with Gasteiger partial charge in [-0.2, -0.15) is 13.2 Å². The minimum Gasteiger partial charge on any atom is -0.373 e. The van der Waals surface area contributed by atoms with Gasteiger partial charge in [0.1, 0.15) is 0 Å². The molecule has 1 aromatic heterocycles. The first-order valence-electron chi connectivity index (χ1n) is 3.69. The van der Waals surface area contributed by atoms with Crippen LogP contribution in [0.4, 0.5) is 13.2 Å². The van der Waals surface area contributed by atoms with E-state index in [4.69, 9.17) is 4.74 Å². The third-order valence-electron chi connectivity index (χ3n) is 1.63.